The van der Waals surface area contributed by atoms with Crippen molar-refractivity contribution in [3.05, 3.63) is 97.2 Å². The predicted molar refractivity (Wildman–Crippen MR) is 349 cm³/mol. The second-order valence-corrected chi connectivity index (χ2v) is 23.1. The number of rotatable bonds is 58. The lowest BCUT2D eigenvalue weighted by Crippen LogP contribution is -2.61. The Balaban J connectivity index is 2.67. The summed E-state index contributed by atoms with van der Waals surface area (Å²) in [6.07, 6.45) is 67.8. The summed E-state index contributed by atoms with van der Waals surface area (Å²) in [5.41, 5.74) is 0. The zero-order chi connectivity index (χ0) is 61.7. The number of carbonyl (C=O) groups is 4. The zero-order valence-electron chi connectivity index (χ0n) is 53.8. The van der Waals surface area contributed by atoms with Crippen molar-refractivity contribution in [1.82, 2.24) is 0 Å². The van der Waals surface area contributed by atoms with E-state index < -0.39 is 67.3 Å². The van der Waals surface area contributed by atoms with E-state index >= 15 is 0 Å². The normalized spacial score (nSPS) is 18.1. The van der Waals surface area contributed by atoms with Crippen molar-refractivity contribution in [3.63, 3.8) is 0 Å². The lowest BCUT2D eigenvalue weighted by molar-refractivity contribution is -0.301. The molecular formula is C73H122O12. The quantitative estimate of drug-likeness (QED) is 0.0228. The van der Waals surface area contributed by atoms with E-state index in [1.54, 1.807) is 0 Å². The molecule has 0 bridgehead atoms. The van der Waals surface area contributed by atoms with Crippen molar-refractivity contribution in [3.8, 4) is 0 Å². The fraction of sp³-hybridized carbons (Fsp3) is 0.726. The number of hydrogen-bond acceptors (Lipinski definition) is 11. The minimum atomic E-state index is -1.91. The van der Waals surface area contributed by atoms with Gasteiger partial charge in [-0.05, 0) is 122 Å². The van der Waals surface area contributed by atoms with Crippen molar-refractivity contribution in [2.75, 3.05) is 13.2 Å². The summed E-state index contributed by atoms with van der Waals surface area (Å²) < 4.78 is 28.6. The van der Waals surface area contributed by atoms with Crippen LogP contribution in [0, 0.1) is 0 Å². The van der Waals surface area contributed by atoms with Crippen LogP contribution in [0.5, 0.6) is 0 Å². The Morgan fingerprint density at radius 1 is 0.400 bits per heavy atom. The number of unbranched alkanes of at least 4 members (excludes halogenated alkanes) is 28. The average molecular weight is 1190 g/mol. The van der Waals surface area contributed by atoms with E-state index in [0.717, 1.165) is 154 Å². The Morgan fingerprint density at radius 3 is 1.16 bits per heavy atom. The topological polar surface area (TPSA) is 175 Å². The number of ether oxygens (including phenoxy) is 5. The van der Waals surface area contributed by atoms with Gasteiger partial charge in [0.25, 0.3) is 0 Å². The van der Waals surface area contributed by atoms with E-state index in [1.165, 1.54) is 77.0 Å². The molecule has 6 atom stereocenters. The molecule has 0 aromatic carbocycles. The molecule has 1 aliphatic rings. The Labute approximate surface area is 517 Å². The highest BCUT2D eigenvalue weighted by Gasteiger charge is 2.50. The lowest BCUT2D eigenvalue weighted by atomic mass is 9.98. The number of esters is 3. The number of carboxylic acids is 1. The molecule has 6 unspecified atom stereocenters. The van der Waals surface area contributed by atoms with Gasteiger partial charge in [0, 0.05) is 19.3 Å². The van der Waals surface area contributed by atoms with Crippen LogP contribution in [0.15, 0.2) is 97.2 Å². The van der Waals surface area contributed by atoms with Crippen LogP contribution in [0.1, 0.15) is 290 Å². The molecule has 1 fully saturated rings. The molecule has 3 N–H and O–H groups in total. The molecule has 0 aromatic rings. The first-order valence-corrected chi connectivity index (χ1v) is 34.2. The van der Waals surface area contributed by atoms with Gasteiger partial charge >= 0.3 is 23.9 Å². The van der Waals surface area contributed by atoms with Crippen LogP contribution in [0.3, 0.4) is 0 Å². The summed E-state index contributed by atoms with van der Waals surface area (Å²) in [6, 6.07) is 0. The van der Waals surface area contributed by atoms with E-state index in [0.29, 0.717) is 19.3 Å². The Morgan fingerprint density at radius 2 is 0.741 bits per heavy atom. The van der Waals surface area contributed by atoms with Gasteiger partial charge in [-0.2, -0.15) is 0 Å². The van der Waals surface area contributed by atoms with Crippen LogP contribution in [0.25, 0.3) is 0 Å². The molecule has 1 saturated heterocycles. The van der Waals surface area contributed by atoms with E-state index in [-0.39, 0.29) is 25.9 Å². The standard InChI is InChI=1S/C73H122O12/c1-4-7-10-13-16-19-22-25-28-31-33-36-38-41-44-47-50-53-56-59-65(74)81-62-64(83-66(75)60-57-54-51-48-45-42-40-37-34-32-29-26-23-20-17-14-11-8-5-2)63-82-73-71(69(78)68(77)70(85-73)72(79)80)84-67(76)61-58-55-52-49-46-43-39-35-30-27-24-21-18-15-12-9-6-3/h7,10,16-17,19-20,25-30,33-34,36-37,64,68-71,73,77-78H,4-6,8-9,11-15,18,21-24,31-32,35,38-63H2,1-3H3,(H,79,80)/b10-7-,19-16-,20-17-,28-25-,29-26-,30-27-,36-33-,37-34-. The van der Waals surface area contributed by atoms with Crippen LogP contribution >= 0.6 is 0 Å². The van der Waals surface area contributed by atoms with Gasteiger partial charge in [-0.15, -0.1) is 0 Å². The molecular weight excluding hydrogens is 1070 g/mol. The summed E-state index contributed by atoms with van der Waals surface area (Å²) in [4.78, 5) is 51.5. The van der Waals surface area contributed by atoms with Crippen LogP contribution in [0.4, 0.5) is 0 Å². The maximum atomic E-state index is 13.2. The van der Waals surface area contributed by atoms with E-state index in [2.05, 4.69) is 118 Å². The monoisotopic (exact) mass is 1190 g/mol. The summed E-state index contributed by atoms with van der Waals surface area (Å²) in [5, 5.41) is 31.7. The molecule has 85 heavy (non-hydrogen) atoms. The number of carboxylic acid groups (broad SMARTS) is 1. The van der Waals surface area contributed by atoms with Gasteiger partial charge in [0.15, 0.2) is 24.6 Å². The van der Waals surface area contributed by atoms with E-state index in [9.17, 15) is 34.5 Å². The molecule has 0 spiro atoms. The maximum Gasteiger partial charge on any atom is 0.335 e. The Kier molecular flexibility index (Phi) is 55.5. The predicted octanol–water partition coefficient (Wildman–Crippen LogP) is 18.8. The molecule has 0 amide bonds. The average Bonchev–Trinajstić information content (AvgIpc) is 3.46. The lowest BCUT2D eigenvalue weighted by Gasteiger charge is -2.40. The molecule has 0 aliphatic carbocycles. The van der Waals surface area contributed by atoms with Gasteiger partial charge in [-0.25, -0.2) is 4.79 Å². The molecule has 1 heterocycles. The summed E-state index contributed by atoms with van der Waals surface area (Å²) >= 11 is 0. The number of carbonyl (C=O) groups excluding carboxylic acids is 3. The second kappa shape index (κ2) is 59.9. The third-order valence-electron chi connectivity index (χ3n) is 15.1. The highest BCUT2D eigenvalue weighted by atomic mass is 16.7. The molecule has 12 nitrogen and oxygen atoms in total. The van der Waals surface area contributed by atoms with Gasteiger partial charge in [0.05, 0.1) is 6.61 Å². The van der Waals surface area contributed by atoms with E-state index in [1.807, 2.05) is 0 Å². The zero-order valence-corrected chi connectivity index (χ0v) is 53.8. The summed E-state index contributed by atoms with van der Waals surface area (Å²) in [7, 11) is 0. The molecule has 12 heteroatoms. The summed E-state index contributed by atoms with van der Waals surface area (Å²) in [5.74, 6) is -3.15. The van der Waals surface area contributed by atoms with Crippen molar-refractivity contribution in [2.24, 2.45) is 0 Å². The van der Waals surface area contributed by atoms with Gasteiger partial charge in [0.2, 0.25) is 0 Å². The molecule has 0 aromatic heterocycles. The van der Waals surface area contributed by atoms with Gasteiger partial charge in [-0.3, -0.25) is 14.4 Å². The van der Waals surface area contributed by atoms with Crippen LogP contribution in [0.2, 0.25) is 0 Å². The number of allylic oxidation sites excluding steroid dienone is 16. The molecule has 0 saturated carbocycles. The van der Waals surface area contributed by atoms with Crippen molar-refractivity contribution >= 4 is 23.9 Å². The van der Waals surface area contributed by atoms with E-state index in [4.69, 9.17) is 23.7 Å². The number of aliphatic hydroxyl groups is 2. The minimum Gasteiger partial charge on any atom is -0.479 e. The third-order valence-corrected chi connectivity index (χ3v) is 15.1. The van der Waals surface area contributed by atoms with Gasteiger partial charge in [-0.1, -0.05) is 246 Å². The van der Waals surface area contributed by atoms with Crippen molar-refractivity contribution < 1.29 is 58.2 Å². The fourth-order valence-corrected chi connectivity index (χ4v) is 9.89. The van der Waals surface area contributed by atoms with Crippen LogP contribution in [-0.2, 0) is 42.9 Å². The first-order valence-electron chi connectivity index (χ1n) is 34.2. The van der Waals surface area contributed by atoms with Crippen molar-refractivity contribution in [2.45, 2.75) is 327 Å². The number of hydrogen-bond donors (Lipinski definition) is 3. The maximum absolute atomic E-state index is 13.2. The van der Waals surface area contributed by atoms with Gasteiger partial charge in [0.1, 0.15) is 18.8 Å². The second-order valence-electron chi connectivity index (χ2n) is 23.1. The highest BCUT2D eigenvalue weighted by molar-refractivity contribution is 5.74. The fourth-order valence-electron chi connectivity index (χ4n) is 9.89. The first kappa shape index (κ1) is 78.7. The first-order chi connectivity index (χ1) is 41.6. The Bertz CT molecular complexity index is 1840. The third kappa shape index (κ3) is 49.3. The highest BCUT2D eigenvalue weighted by Crippen LogP contribution is 2.27. The largest absolute Gasteiger partial charge is 0.479 e. The molecule has 1 rings (SSSR count). The minimum absolute atomic E-state index is 0.0495. The van der Waals surface area contributed by atoms with Gasteiger partial charge < -0.3 is 39.0 Å². The molecule has 486 valence electrons. The van der Waals surface area contributed by atoms with Crippen LogP contribution in [-0.4, -0.2) is 89.2 Å². The summed E-state index contributed by atoms with van der Waals surface area (Å²) in [6.45, 7) is 5.86. The smallest absolute Gasteiger partial charge is 0.335 e. The van der Waals surface area contributed by atoms with Crippen LogP contribution < -0.4 is 0 Å². The molecule has 1 aliphatic heterocycles. The Hall–Kier alpha value is -4.36. The number of aliphatic carboxylic acids is 1. The SMILES string of the molecule is CC/C=C\C/C=C\C/C=C\C/C=C\CCCCCCCCC(=O)OCC(COC1OC(C(=O)O)C(O)C(O)C1OC(=O)CCCCCCCCC/C=C\CCCCCCCC)OC(=O)CCCCCCCC/C=C\C/C=C\C/C=C\CCCCC. The number of aliphatic hydroxyl groups excluding tert-OH is 2. The molecule has 0 radical (unpaired) electrons. The van der Waals surface area contributed by atoms with Crippen molar-refractivity contribution in [1.29, 1.82) is 0 Å².